The largest absolute Gasteiger partial charge is 0.477 e. The van der Waals surface area contributed by atoms with Gasteiger partial charge in [0, 0.05) is 6.54 Å². The third kappa shape index (κ3) is 3.08. The molecule has 0 radical (unpaired) electrons. The van der Waals surface area contributed by atoms with Crippen LogP contribution < -0.4 is 0 Å². The van der Waals surface area contributed by atoms with Crippen LogP contribution in [0.25, 0.3) is 0 Å². The van der Waals surface area contributed by atoms with Gasteiger partial charge >= 0.3 is 5.97 Å². The summed E-state index contributed by atoms with van der Waals surface area (Å²) in [5, 5.41) is 13.3. The minimum atomic E-state index is -0.897. The van der Waals surface area contributed by atoms with E-state index < -0.39 is 5.97 Å². The lowest BCUT2D eigenvalue weighted by Crippen LogP contribution is -2.09. The SMILES string of the molecule is CCCn1nc(CC(C)C)cc1C(=O)O. The van der Waals surface area contributed by atoms with Gasteiger partial charge in [-0.3, -0.25) is 4.68 Å². The molecule has 1 aromatic heterocycles. The molecule has 0 unspecified atom stereocenters. The Bertz CT molecular complexity index is 342. The van der Waals surface area contributed by atoms with E-state index in [1.54, 1.807) is 10.7 Å². The Hall–Kier alpha value is -1.32. The monoisotopic (exact) mass is 210 g/mol. The average Bonchev–Trinajstić information content (AvgIpc) is 2.47. The number of hydrogen-bond acceptors (Lipinski definition) is 2. The maximum atomic E-state index is 10.9. The summed E-state index contributed by atoms with van der Waals surface area (Å²) in [5.41, 5.74) is 1.17. The molecule has 1 N–H and O–H groups in total. The minimum absolute atomic E-state index is 0.299. The van der Waals surface area contributed by atoms with Gasteiger partial charge < -0.3 is 5.11 Å². The smallest absolute Gasteiger partial charge is 0.354 e. The Balaban J connectivity index is 2.93. The molecule has 84 valence electrons. The van der Waals surface area contributed by atoms with Crippen molar-refractivity contribution < 1.29 is 9.90 Å². The highest BCUT2D eigenvalue weighted by Crippen LogP contribution is 2.10. The summed E-state index contributed by atoms with van der Waals surface area (Å²) in [6.45, 7) is 6.87. The van der Waals surface area contributed by atoms with Crippen molar-refractivity contribution in [2.24, 2.45) is 5.92 Å². The van der Waals surface area contributed by atoms with Gasteiger partial charge in [0.05, 0.1) is 5.69 Å². The van der Waals surface area contributed by atoms with Crippen molar-refractivity contribution in [3.63, 3.8) is 0 Å². The third-order valence-corrected chi connectivity index (χ3v) is 2.10. The van der Waals surface area contributed by atoms with Gasteiger partial charge in [0.1, 0.15) is 5.69 Å². The Morgan fingerprint density at radius 1 is 1.60 bits per heavy atom. The predicted octanol–water partition coefficient (Wildman–Crippen LogP) is 2.19. The van der Waals surface area contributed by atoms with Crippen molar-refractivity contribution in [1.82, 2.24) is 9.78 Å². The number of hydrogen-bond donors (Lipinski definition) is 1. The molecule has 0 amide bonds. The molecule has 0 atom stereocenters. The summed E-state index contributed by atoms with van der Waals surface area (Å²) in [6.07, 6.45) is 1.72. The van der Waals surface area contributed by atoms with Gasteiger partial charge in [-0.1, -0.05) is 20.8 Å². The molecule has 0 saturated heterocycles. The molecule has 4 nitrogen and oxygen atoms in total. The number of aromatic nitrogens is 2. The summed E-state index contributed by atoms with van der Waals surface area (Å²) in [7, 11) is 0. The second kappa shape index (κ2) is 4.96. The van der Waals surface area contributed by atoms with E-state index in [0.29, 0.717) is 18.2 Å². The Morgan fingerprint density at radius 2 is 2.27 bits per heavy atom. The van der Waals surface area contributed by atoms with Crippen LogP contribution >= 0.6 is 0 Å². The van der Waals surface area contributed by atoms with Crippen molar-refractivity contribution in [2.75, 3.05) is 0 Å². The van der Waals surface area contributed by atoms with Crippen molar-refractivity contribution in [2.45, 2.75) is 40.2 Å². The highest BCUT2D eigenvalue weighted by Gasteiger charge is 2.13. The second-order valence-corrected chi connectivity index (χ2v) is 4.15. The number of aryl methyl sites for hydroxylation is 1. The van der Waals surface area contributed by atoms with Crippen LogP contribution in [0.5, 0.6) is 0 Å². The molecule has 1 aromatic rings. The van der Waals surface area contributed by atoms with E-state index >= 15 is 0 Å². The first-order chi connectivity index (χ1) is 7.04. The lowest BCUT2D eigenvalue weighted by Gasteiger charge is -2.01. The lowest BCUT2D eigenvalue weighted by atomic mass is 10.1. The molecule has 1 rings (SSSR count). The minimum Gasteiger partial charge on any atom is -0.477 e. The van der Waals surface area contributed by atoms with Gasteiger partial charge in [0.25, 0.3) is 0 Å². The second-order valence-electron chi connectivity index (χ2n) is 4.15. The zero-order valence-electron chi connectivity index (χ0n) is 9.53. The molecule has 0 aliphatic carbocycles. The van der Waals surface area contributed by atoms with Gasteiger partial charge in [-0.2, -0.15) is 5.10 Å². The van der Waals surface area contributed by atoms with Crippen molar-refractivity contribution in [3.8, 4) is 0 Å². The van der Waals surface area contributed by atoms with Crippen molar-refractivity contribution >= 4 is 5.97 Å². The van der Waals surface area contributed by atoms with Crippen LogP contribution in [0, 0.1) is 5.92 Å². The van der Waals surface area contributed by atoms with Gasteiger partial charge in [0.15, 0.2) is 0 Å². The molecular weight excluding hydrogens is 192 g/mol. The molecule has 0 aliphatic rings. The fourth-order valence-corrected chi connectivity index (χ4v) is 1.54. The first-order valence-corrected chi connectivity index (χ1v) is 5.34. The highest BCUT2D eigenvalue weighted by atomic mass is 16.4. The van der Waals surface area contributed by atoms with E-state index in [9.17, 15) is 4.79 Å². The molecule has 0 aliphatic heterocycles. The van der Waals surface area contributed by atoms with Crippen LogP contribution in [0.3, 0.4) is 0 Å². The highest BCUT2D eigenvalue weighted by molar-refractivity contribution is 5.85. The first-order valence-electron chi connectivity index (χ1n) is 5.34. The van der Waals surface area contributed by atoms with Crippen LogP contribution in [-0.2, 0) is 13.0 Å². The third-order valence-electron chi connectivity index (χ3n) is 2.10. The van der Waals surface area contributed by atoms with Crippen molar-refractivity contribution in [3.05, 3.63) is 17.5 Å². The van der Waals surface area contributed by atoms with Crippen LogP contribution in [0.2, 0.25) is 0 Å². The van der Waals surface area contributed by atoms with E-state index in [2.05, 4.69) is 18.9 Å². The zero-order chi connectivity index (χ0) is 11.4. The standard InChI is InChI=1S/C11H18N2O2/c1-4-5-13-10(11(14)15)7-9(12-13)6-8(2)3/h7-8H,4-6H2,1-3H3,(H,14,15). The molecule has 0 spiro atoms. The summed E-state index contributed by atoms with van der Waals surface area (Å²) in [4.78, 5) is 10.9. The molecule has 1 heterocycles. The Morgan fingerprint density at radius 3 is 2.73 bits per heavy atom. The number of carboxylic acid groups (broad SMARTS) is 1. The van der Waals surface area contributed by atoms with Gasteiger partial charge in [-0.05, 0) is 24.8 Å². The maximum absolute atomic E-state index is 10.9. The van der Waals surface area contributed by atoms with Crippen LogP contribution in [-0.4, -0.2) is 20.9 Å². The summed E-state index contributed by atoms with van der Waals surface area (Å²) in [5.74, 6) is -0.400. The predicted molar refractivity (Wildman–Crippen MR) is 58.0 cm³/mol. The molecule has 0 saturated carbocycles. The summed E-state index contributed by atoms with van der Waals surface area (Å²) < 4.78 is 1.58. The summed E-state index contributed by atoms with van der Waals surface area (Å²) >= 11 is 0. The van der Waals surface area contributed by atoms with E-state index in [-0.39, 0.29) is 0 Å². The number of carboxylic acids is 1. The number of aromatic carboxylic acids is 1. The molecule has 0 fully saturated rings. The average molecular weight is 210 g/mol. The van der Waals surface area contributed by atoms with Gasteiger partial charge in [-0.15, -0.1) is 0 Å². The number of carbonyl (C=O) groups is 1. The molecule has 0 aromatic carbocycles. The van der Waals surface area contributed by atoms with E-state index in [1.165, 1.54) is 0 Å². The normalized spacial score (nSPS) is 10.9. The first kappa shape index (κ1) is 11.8. The zero-order valence-corrected chi connectivity index (χ0v) is 9.53. The van der Waals surface area contributed by atoms with Crippen LogP contribution in [0.1, 0.15) is 43.4 Å². The Labute approximate surface area is 89.9 Å². The lowest BCUT2D eigenvalue weighted by molar-refractivity contribution is 0.0683. The molecule has 15 heavy (non-hydrogen) atoms. The van der Waals surface area contributed by atoms with E-state index in [1.807, 2.05) is 6.92 Å². The quantitative estimate of drug-likeness (QED) is 0.810. The number of rotatable bonds is 5. The molecule has 4 heteroatoms. The molecular formula is C11H18N2O2. The van der Waals surface area contributed by atoms with Gasteiger partial charge in [0.2, 0.25) is 0 Å². The fraction of sp³-hybridized carbons (Fsp3) is 0.636. The van der Waals surface area contributed by atoms with E-state index in [0.717, 1.165) is 18.5 Å². The maximum Gasteiger partial charge on any atom is 0.354 e. The Kier molecular flexibility index (Phi) is 3.88. The van der Waals surface area contributed by atoms with E-state index in [4.69, 9.17) is 5.11 Å². The molecule has 0 bridgehead atoms. The van der Waals surface area contributed by atoms with Crippen molar-refractivity contribution in [1.29, 1.82) is 0 Å². The summed E-state index contributed by atoms with van der Waals surface area (Å²) in [6, 6.07) is 1.68. The number of nitrogens with zero attached hydrogens (tertiary/aromatic N) is 2. The topological polar surface area (TPSA) is 55.1 Å². The van der Waals surface area contributed by atoms with Gasteiger partial charge in [-0.25, -0.2) is 4.79 Å². The van der Waals surface area contributed by atoms with Crippen LogP contribution in [0.15, 0.2) is 6.07 Å². The fourth-order valence-electron chi connectivity index (χ4n) is 1.54. The van der Waals surface area contributed by atoms with Crippen LogP contribution in [0.4, 0.5) is 0 Å².